The first kappa shape index (κ1) is 17.6. The van der Waals surface area contributed by atoms with Crippen LogP contribution in [0.5, 0.6) is 0 Å². The first-order valence-electron chi connectivity index (χ1n) is 8.74. The lowest BCUT2D eigenvalue weighted by atomic mass is 9.99. The van der Waals surface area contributed by atoms with E-state index in [1.807, 2.05) is 24.3 Å². The summed E-state index contributed by atoms with van der Waals surface area (Å²) in [5, 5.41) is 6.58. The van der Waals surface area contributed by atoms with Crippen LogP contribution >= 0.6 is 11.6 Å². The maximum Gasteiger partial charge on any atom is 0.243 e. The molecule has 0 atom stereocenters. The summed E-state index contributed by atoms with van der Waals surface area (Å²) < 4.78 is 0. The Balaban J connectivity index is 1.49. The van der Waals surface area contributed by atoms with Crippen molar-refractivity contribution in [3.05, 3.63) is 53.6 Å². The molecule has 132 valence electrons. The summed E-state index contributed by atoms with van der Waals surface area (Å²) in [7, 11) is 0. The van der Waals surface area contributed by atoms with Crippen molar-refractivity contribution in [2.75, 3.05) is 35.2 Å². The standard InChI is InChI=1S/C20H24ClN3O/c1-15-9-11-24(12-10-15)19-7-5-17(6-8-19)22-14-20(25)23-18-4-2-3-16(21)13-18/h2-8,13,15,22H,9-12,14H2,1H3,(H,23,25). The molecule has 0 spiro atoms. The number of carbonyl (C=O) groups is 1. The van der Waals surface area contributed by atoms with Gasteiger partial charge in [-0.25, -0.2) is 0 Å². The van der Waals surface area contributed by atoms with Crippen LogP contribution in [-0.2, 0) is 4.79 Å². The van der Waals surface area contributed by atoms with Crippen LogP contribution in [0, 0.1) is 5.92 Å². The minimum Gasteiger partial charge on any atom is -0.376 e. The quantitative estimate of drug-likeness (QED) is 0.820. The topological polar surface area (TPSA) is 44.4 Å². The van der Waals surface area contributed by atoms with Crippen LogP contribution in [0.3, 0.4) is 0 Å². The van der Waals surface area contributed by atoms with E-state index in [-0.39, 0.29) is 12.5 Å². The van der Waals surface area contributed by atoms with Gasteiger partial charge in [-0.05, 0) is 61.2 Å². The number of benzene rings is 2. The predicted molar refractivity (Wildman–Crippen MR) is 106 cm³/mol. The van der Waals surface area contributed by atoms with E-state index in [4.69, 9.17) is 11.6 Å². The van der Waals surface area contributed by atoms with Gasteiger partial charge in [0.2, 0.25) is 5.91 Å². The van der Waals surface area contributed by atoms with E-state index in [2.05, 4.69) is 34.6 Å². The lowest BCUT2D eigenvalue weighted by Crippen LogP contribution is -2.32. The van der Waals surface area contributed by atoms with Gasteiger partial charge in [-0.3, -0.25) is 4.79 Å². The second-order valence-corrected chi connectivity index (χ2v) is 7.06. The van der Waals surface area contributed by atoms with Gasteiger partial charge in [-0.1, -0.05) is 24.6 Å². The third-order valence-electron chi connectivity index (χ3n) is 4.58. The highest BCUT2D eigenvalue weighted by Crippen LogP contribution is 2.24. The van der Waals surface area contributed by atoms with Crippen molar-refractivity contribution in [3.8, 4) is 0 Å². The molecular weight excluding hydrogens is 334 g/mol. The molecule has 1 fully saturated rings. The molecule has 1 aliphatic rings. The zero-order valence-electron chi connectivity index (χ0n) is 14.5. The molecule has 1 aliphatic heterocycles. The van der Waals surface area contributed by atoms with Gasteiger partial charge in [0.25, 0.3) is 0 Å². The Kier molecular flexibility index (Phi) is 5.82. The zero-order valence-corrected chi connectivity index (χ0v) is 15.2. The van der Waals surface area contributed by atoms with E-state index in [9.17, 15) is 4.79 Å². The van der Waals surface area contributed by atoms with Crippen molar-refractivity contribution in [1.82, 2.24) is 0 Å². The Hall–Kier alpha value is -2.20. The first-order valence-corrected chi connectivity index (χ1v) is 9.12. The van der Waals surface area contributed by atoms with Gasteiger partial charge < -0.3 is 15.5 Å². The van der Waals surface area contributed by atoms with Gasteiger partial charge in [0, 0.05) is 35.2 Å². The summed E-state index contributed by atoms with van der Waals surface area (Å²) in [6.45, 7) is 4.78. The molecule has 1 amide bonds. The Labute approximate surface area is 154 Å². The average Bonchev–Trinajstić information content (AvgIpc) is 2.61. The van der Waals surface area contributed by atoms with Crippen LogP contribution in [0.15, 0.2) is 48.5 Å². The average molecular weight is 358 g/mol. The van der Waals surface area contributed by atoms with Crippen LogP contribution in [-0.4, -0.2) is 25.5 Å². The second-order valence-electron chi connectivity index (χ2n) is 6.63. The van der Waals surface area contributed by atoms with Crippen molar-refractivity contribution in [2.45, 2.75) is 19.8 Å². The fraction of sp³-hybridized carbons (Fsp3) is 0.350. The minimum absolute atomic E-state index is 0.101. The van der Waals surface area contributed by atoms with Crippen LogP contribution in [0.2, 0.25) is 5.02 Å². The number of anilines is 3. The summed E-state index contributed by atoms with van der Waals surface area (Å²) >= 11 is 5.92. The monoisotopic (exact) mass is 357 g/mol. The summed E-state index contributed by atoms with van der Waals surface area (Å²) in [5.41, 5.74) is 2.89. The minimum atomic E-state index is -0.101. The fourth-order valence-electron chi connectivity index (χ4n) is 3.01. The number of piperidine rings is 1. The third kappa shape index (κ3) is 5.13. The Morgan fingerprint density at radius 1 is 1.12 bits per heavy atom. The zero-order chi connectivity index (χ0) is 17.6. The summed E-state index contributed by atoms with van der Waals surface area (Å²) in [5.74, 6) is 0.728. The molecule has 2 aromatic carbocycles. The third-order valence-corrected chi connectivity index (χ3v) is 4.81. The van der Waals surface area contributed by atoms with Gasteiger partial charge in [0.15, 0.2) is 0 Å². The Morgan fingerprint density at radius 2 is 1.84 bits per heavy atom. The fourth-order valence-corrected chi connectivity index (χ4v) is 3.20. The van der Waals surface area contributed by atoms with Crippen LogP contribution in [0.25, 0.3) is 0 Å². The summed E-state index contributed by atoms with van der Waals surface area (Å²) in [6, 6.07) is 15.4. The number of nitrogens with zero attached hydrogens (tertiary/aromatic N) is 1. The number of halogens is 1. The molecule has 1 saturated heterocycles. The van der Waals surface area contributed by atoms with Crippen LogP contribution in [0.1, 0.15) is 19.8 Å². The number of carbonyl (C=O) groups excluding carboxylic acids is 1. The molecule has 0 unspecified atom stereocenters. The number of hydrogen-bond donors (Lipinski definition) is 2. The molecule has 2 aromatic rings. The molecular formula is C20H24ClN3O. The van der Waals surface area contributed by atoms with Gasteiger partial charge in [-0.2, -0.15) is 0 Å². The maximum atomic E-state index is 12.0. The van der Waals surface area contributed by atoms with E-state index in [1.165, 1.54) is 18.5 Å². The van der Waals surface area contributed by atoms with Crippen LogP contribution < -0.4 is 15.5 Å². The number of amides is 1. The molecule has 3 rings (SSSR count). The molecule has 0 radical (unpaired) electrons. The van der Waals surface area contributed by atoms with Crippen molar-refractivity contribution >= 4 is 34.6 Å². The molecule has 0 bridgehead atoms. The maximum absolute atomic E-state index is 12.0. The lowest BCUT2D eigenvalue weighted by molar-refractivity contribution is -0.114. The highest BCUT2D eigenvalue weighted by Gasteiger charge is 2.15. The molecule has 4 nitrogen and oxygen atoms in total. The normalized spacial score (nSPS) is 15.0. The molecule has 0 aromatic heterocycles. The molecule has 0 aliphatic carbocycles. The second kappa shape index (κ2) is 8.26. The van der Waals surface area contributed by atoms with Crippen molar-refractivity contribution < 1.29 is 4.79 Å². The number of hydrogen-bond acceptors (Lipinski definition) is 3. The Morgan fingerprint density at radius 3 is 2.52 bits per heavy atom. The van der Waals surface area contributed by atoms with E-state index in [0.29, 0.717) is 10.7 Å². The first-order chi connectivity index (χ1) is 12.1. The largest absolute Gasteiger partial charge is 0.376 e. The number of nitrogens with one attached hydrogen (secondary N) is 2. The van der Waals surface area contributed by atoms with Gasteiger partial charge in [-0.15, -0.1) is 0 Å². The van der Waals surface area contributed by atoms with Gasteiger partial charge >= 0.3 is 0 Å². The molecule has 5 heteroatoms. The SMILES string of the molecule is CC1CCN(c2ccc(NCC(=O)Nc3cccc(Cl)c3)cc2)CC1. The van der Waals surface area contributed by atoms with Crippen molar-refractivity contribution in [1.29, 1.82) is 0 Å². The predicted octanol–water partition coefficient (Wildman–Crippen LogP) is 4.63. The molecule has 25 heavy (non-hydrogen) atoms. The van der Waals surface area contributed by atoms with Crippen molar-refractivity contribution in [3.63, 3.8) is 0 Å². The molecule has 0 saturated carbocycles. The van der Waals surface area contributed by atoms with E-state index in [1.54, 1.807) is 12.1 Å². The molecule has 1 heterocycles. The van der Waals surface area contributed by atoms with E-state index >= 15 is 0 Å². The number of rotatable bonds is 5. The lowest BCUT2D eigenvalue weighted by Gasteiger charge is -2.32. The van der Waals surface area contributed by atoms with E-state index < -0.39 is 0 Å². The smallest absolute Gasteiger partial charge is 0.243 e. The van der Waals surface area contributed by atoms with Gasteiger partial charge in [0.1, 0.15) is 0 Å². The Bertz CT molecular complexity index is 709. The summed E-state index contributed by atoms with van der Waals surface area (Å²) in [6.07, 6.45) is 2.51. The summed E-state index contributed by atoms with van der Waals surface area (Å²) in [4.78, 5) is 14.4. The molecule has 2 N–H and O–H groups in total. The van der Waals surface area contributed by atoms with Crippen molar-refractivity contribution in [2.24, 2.45) is 5.92 Å². The highest BCUT2D eigenvalue weighted by molar-refractivity contribution is 6.30. The van der Waals surface area contributed by atoms with E-state index in [0.717, 1.165) is 24.7 Å². The highest BCUT2D eigenvalue weighted by atomic mass is 35.5. The van der Waals surface area contributed by atoms with Crippen LogP contribution in [0.4, 0.5) is 17.1 Å². The van der Waals surface area contributed by atoms with Gasteiger partial charge in [0.05, 0.1) is 6.54 Å².